The largest absolute Gasteiger partial charge is 0.396 e. The van der Waals surface area contributed by atoms with Crippen LogP contribution < -0.4 is 10.2 Å². The first kappa shape index (κ1) is 14.0. The first-order valence-corrected chi connectivity index (χ1v) is 6.30. The third-order valence-electron chi connectivity index (χ3n) is 2.83. The summed E-state index contributed by atoms with van der Waals surface area (Å²) in [5, 5.41) is 12.1. The average molecular weight is 236 g/mol. The number of nitrogens with one attached hydrogen (secondary N) is 1. The molecule has 0 heterocycles. The van der Waals surface area contributed by atoms with Crippen molar-refractivity contribution in [2.24, 2.45) is 0 Å². The lowest BCUT2D eigenvalue weighted by Gasteiger charge is -2.29. The van der Waals surface area contributed by atoms with Crippen LogP contribution in [0.1, 0.15) is 25.8 Å². The highest BCUT2D eigenvalue weighted by Gasteiger charge is 2.09. The highest BCUT2D eigenvalue weighted by atomic mass is 16.3. The highest BCUT2D eigenvalue weighted by Crippen LogP contribution is 2.18. The zero-order valence-electron chi connectivity index (χ0n) is 11.1. The SMILES string of the molecule is CNCc1ccc(N(CCCO)C(C)C)cc1. The second kappa shape index (κ2) is 7.30. The van der Waals surface area contributed by atoms with Gasteiger partial charge in [0, 0.05) is 31.4 Å². The maximum Gasteiger partial charge on any atom is 0.0447 e. The van der Waals surface area contributed by atoms with Crippen LogP contribution in [0.25, 0.3) is 0 Å². The van der Waals surface area contributed by atoms with Crippen molar-refractivity contribution >= 4 is 5.69 Å². The third-order valence-corrected chi connectivity index (χ3v) is 2.83. The minimum absolute atomic E-state index is 0.251. The fraction of sp³-hybridized carbons (Fsp3) is 0.571. The van der Waals surface area contributed by atoms with Crippen LogP contribution in [0.4, 0.5) is 5.69 Å². The molecule has 3 heteroatoms. The molecule has 17 heavy (non-hydrogen) atoms. The van der Waals surface area contributed by atoms with Gasteiger partial charge in [0.05, 0.1) is 0 Å². The maximum absolute atomic E-state index is 8.92. The first-order valence-electron chi connectivity index (χ1n) is 6.30. The van der Waals surface area contributed by atoms with E-state index in [0.717, 1.165) is 19.5 Å². The number of rotatable bonds is 7. The van der Waals surface area contributed by atoms with Crippen molar-refractivity contribution in [1.29, 1.82) is 0 Å². The topological polar surface area (TPSA) is 35.5 Å². The average Bonchev–Trinajstić information content (AvgIpc) is 2.31. The Labute approximate surface area is 104 Å². The summed E-state index contributed by atoms with van der Waals surface area (Å²) < 4.78 is 0. The second-order valence-corrected chi connectivity index (χ2v) is 4.56. The molecule has 0 fully saturated rings. The highest BCUT2D eigenvalue weighted by molar-refractivity contribution is 5.48. The van der Waals surface area contributed by atoms with E-state index in [1.165, 1.54) is 11.3 Å². The Morgan fingerprint density at radius 2 is 1.88 bits per heavy atom. The van der Waals surface area contributed by atoms with Crippen LogP contribution in [-0.2, 0) is 6.54 Å². The Morgan fingerprint density at radius 3 is 2.35 bits per heavy atom. The zero-order chi connectivity index (χ0) is 12.7. The van der Waals surface area contributed by atoms with Crippen LogP contribution in [0.5, 0.6) is 0 Å². The number of aliphatic hydroxyl groups is 1. The number of hydrogen-bond donors (Lipinski definition) is 2. The number of anilines is 1. The van der Waals surface area contributed by atoms with Crippen LogP contribution in [0.3, 0.4) is 0 Å². The van der Waals surface area contributed by atoms with E-state index in [-0.39, 0.29) is 6.61 Å². The standard InChI is InChI=1S/C14H24N2O/c1-12(2)16(9-4-10-17)14-7-5-13(6-8-14)11-15-3/h5-8,12,15,17H,4,9-11H2,1-3H3. The molecule has 96 valence electrons. The van der Waals surface area contributed by atoms with Crippen LogP contribution in [-0.4, -0.2) is 31.3 Å². The van der Waals surface area contributed by atoms with Gasteiger partial charge in [-0.1, -0.05) is 12.1 Å². The molecule has 0 radical (unpaired) electrons. The van der Waals surface area contributed by atoms with Crippen LogP contribution in [0.2, 0.25) is 0 Å². The van der Waals surface area contributed by atoms with Gasteiger partial charge in [0.2, 0.25) is 0 Å². The Hall–Kier alpha value is -1.06. The molecule has 1 aromatic rings. The van der Waals surface area contributed by atoms with Gasteiger partial charge < -0.3 is 15.3 Å². The lowest BCUT2D eigenvalue weighted by atomic mass is 10.1. The molecule has 0 aliphatic rings. The van der Waals surface area contributed by atoms with E-state index in [1.807, 2.05) is 7.05 Å². The van der Waals surface area contributed by atoms with E-state index in [0.29, 0.717) is 6.04 Å². The predicted octanol–water partition coefficient (Wildman–Crippen LogP) is 2.00. The van der Waals surface area contributed by atoms with Crippen molar-refractivity contribution < 1.29 is 5.11 Å². The van der Waals surface area contributed by atoms with Crippen molar-refractivity contribution in [2.75, 3.05) is 25.1 Å². The van der Waals surface area contributed by atoms with Crippen LogP contribution in [0.15, 0.2) is 24.3 Å². The smallest absolute Gasteiger partial charge is 0.0447 e. The predicted molar refractivity (Wildman–Crippen MR) is 73.4 cm³/mol. The monoisotopic (exact) mass is 236 g/mol. The molecule has 0 bridgehead atoms. The van der Waals surface area contributed by atoms with Crippen molar-refractivity contribution in [2.45, 2.75) is 32.9 Å². The minimum atomic E-state index is 0.251. The molecule has 3 nitrogen and oxygen atoms in total. The summed E-state index contributed by atoms with van der Waals surface area (Å²) in [6.07, 6.45) is 0.816. The van der Waals surface area contributed by atoms with Crippen LogP contribution in [0, 0.1) is 0 Å². The molecule has 1 aromatic carbocycles. The van der Waals surface area contributed by atoms with E-state index in [9.17, 15) is 0 Å². The quantitative estimate of drug-likeness (QED) is 0.760. The summed E-state index contributed by atoms with van der Waals surface area (Å²) >= 11 is 0. The van der Waals surface area contributed by atoms with Gasteiger partial charge >= 0.3 is 0 Å². The van der Waals surface area contributed by atoms with E-state index in [4.69, 9.17) is 5.11 Å². The Balaban J connectivity index is 2.72. The van der Waals surface area contributed by atoms with E-state index in [1.54, 1.807) is 0 Å². The summed E-state index contributed by atoms with van der Waals surface area (Å²) in [5.41, 5.74) is 2.52. The lowest BCUT2D eigenvalue weighted by molar-refractivity contribution is 0.288. The minimum Gasteiger partial charge on any atom is -0.396 e. The lowest BCUT2D eigenvalue weighted by Crippen LogP contribution is -2.32. The number of aliphatic hydroxyl groups excluding tert-OH is 1. The summed E-state index contributed by atoms with van der Waals surface area (Å²) in [6, 6.07) is 9.07. The molecule has 0 atom stereocenters. The molecule has 0 unspecified atom stereocenters. The van der Waals surface area contributed by atoms with Crippen LogP contribution >= 0.6 is 0 Å². The molecule has 0 saturated carbocycles. The van der Waals surface area contributed by atoms with E-state index in [2.05, 4.69) is 48.3 Å². The van der Waals surface area contributed by atoms with E-state index >= 15 is 0 Å². The van der Waals surface area contributed by atoms with E-state index < -0.39 is 0 Å². The molecule has 0 saturated heterocycles. The molecule has 0 aliphatic heterocycles. The third kappa shape index (κ3) is 4.36. The Bertz CT molecular complexity index is 309. The summed E-state index contributed by atoms with van der Waals surface area (Å²) in [6.45, 7) is 6.41. The van der Waals surface area contributed by atoms with Gasteiger partial charge in [-0.3, -0.25) is 0 Å². The summed E-state index contributed by atoms with van der Waals surface area (Å²) in [4.78, 5) is 2.32. The van der Waals surface area contributed by atoms with Gasteiger partial charge in [-0.15, -0.1) is 0 Å². The Kier molecular flexibility index (Phi) is 6.01. The van der Waals surface area contributed by atoms with Crippen molar-refractivity contribution in [3.8, 4) is 0 Å². The zero-order valence-corrected chi connectivity index (χ0v) is 11.1. The molecular formula is C14H24N2O. The van der Waals surface area contributed by atoms with Crippen molar-refractivity contribution in [3.63, 3.8) is 0 Å². The van der Waals surface area contributed by atoms with Gasteiger partial charge in [-0.05, 0) is 45.0 Å². The number of benzene rings is 1. The van der Waals surface area contributed by atoms with Gasteiger partial charge in [-0.25, -0.2) is 0 Å². The molecule has 2 N–H and O–H groups in total. The summed E-state index contributed by atoms with van der Waals surface area (Å²) in [7, 11) is 1.95. The molecular weight excluding hydrogens is 212 g/mol. The van der Waals surface area contributed by atoms with Gasteiger partial charge in [0.15, 0.2) is 0 Å². The van der Waals surface area contributed by atoms with Gasteiger partial charge in [0.25, 0.3) is 0 Å². The molecule has 0 aromatic heterocycles. The fourth-order valence-corrected chi connectivity index (χ4v) is 1.94. The second-order valence-electron chi connectivity index (χ2n) is 4.56. The first-order chi connectivity index (χ1) is 8.19. The molecule has 0 spiro atoms. The molecule has 0 aliphatic carbocycles. The Morgan fingerprint density at radius 1 is 1.24 bits per heavy atom. The van der Waals surface area contributed by atoms with Crippen molar-refractivity contribution in [3.05, 3.63) is 29.8 Å². The molecule has 0 amide bonds. The maximum atomic E-state index is 8.92. The number of hydrogen-bond acceptors (Lipinski definition) is 3. The summed E-state index contributed by atoms with van der Waals surface area (Å²) in [5.74, 6) is 0. The van der Waals surface area contributed by atoms with Gasteiger partial charge in [-0.2, -0.15) is 0 Å². The van der Waals surface area contributed by atoms with Gasteiger partial charge in [0.1, 0.15) is 0 Å². The number of nitrogens with zero attached hydrogens (tertiary/aromatic N) is 1. The molecule has 1 rings (SSSR count). The normalized spacial score (nSPS) is 10.9. The van der Waals surface area contributed by atoms with Crippen molar-refractivity contribution in [1.82, 2.24) is 5.32 Å². The fourth-order valence-electron chi connectivity index (χ4n) is 1.94.